The molecule has 1 N–H and O–H groups in total. The molecule has 0 aliphatic carbocycles. The summed E-state index contributed by atoms with van der Waals surface area (Å²) in [5.74, 6) is 4.83. The van der Waals surface area contributed by atoms with Crippen molar-refractivity contribution in [1.82, 2.24) is 0 Å². The fourth-order valence-electron chi connectivity index (χ4n) is 2.37. The molecule has 1 aliphatic rings. The van der Waals surface area contributed by atoms with Crippen LogP contribution in [0.5, 0.6) is 0 Å². The molecule has 0 saturated carbocycles. The van der Waals surface area contributed by atoms with E-state index in [-0.39, 0.29) is 6.42 Å². The molecule has 1 heterocycles. The van der Waals surface area contributed by atoms with Crippen LogP contribution in [0.15, 0.2) is 23.6 Å². The van der Waals surface area contributed by atoms with E-state index in [1.807, 2.05) is 11.8 Å². The maximum atomic E-state index is 10.4. The summed E-state index contributed by atoms with van der Waals surface area (Å²) in [7, 11) is 0. The SMILES string of the molecule is CC=CSCC[C@@H]1CSC[C@@H]1C/C=C\CCCC(=O)O. The zero-order chi connectivity index (χ0) is 14.6. The summed E-state index contributed by atoms with van der Waals surface area (Å²) in [4.78, 5) is 10.4. The number of thioether (sulfide) groups is 2. The van der Waals surface area contributed by atoms with Gasteiger partial charge in [-0.05, 0) is 67.1 Å². The van der Waals surface area contributed by atoms with Gasteiger partial charge < -0.3 is 5.11 Å². The lowest BCUT2D eigenvalue weighted by Gasteiger charge is -2.16. The number of carbonyl (C=O) groups is 1. The molecule has 114 valence electrons. The van der Waals surface area contributed by atoms with E-state index in [1.165, 1.54) is 30.1 Å². The minimum atomic E-state index is -0.690. The molecule has 0 aromatic rings. The van der Waals surface area contributed by atoms with Crippen molar-refractivity contribution in [3.63, 3.8) is 0 Å². The Labute approximate surface area is 131 Å². The highest BCUT2D eigenvalue weighted by molar-refractivity contribution is 8.02. The zero-order valence-electron chi connectivity index (χ0n) is 12.3. The first-order valence-electron chi connectivity index (χ1n) is 7.41. The summed E-state index contributed by atoms with van der Waals surface area (Å²) in [6.45, 7) is 2.07. The third-order valence-electron chi connectivity index (χ3n) is 3.54. The number of carboxylic acid groups (broad SMARTS) is 1. The van der Waals surface area contributed by atoms with Crippen LogP contribution in [-0.4, -0.2) is 28.3 Å². The smallest absolute Gasteiger partial charge is 0.303 e. The summed E-state index contributed by atoms with van der Waals surface area (Å²) < 4.78 is 0. The van der Waals surface area contributed by atoms with E-state index in [9.17, 15) is 4.79 Å². The number of unbranched alkanes of at least 4 members (excludes halogenated alkanes) is 1. The fourth-order valence-corrected chi connectivity index (χ4v) is 4.72. The van der Waals surface area contributed by atoms with Crippen LogP contribution in [-0.2, 0) is 4.79 Å². The molecule has 0 radical (unpaired) electrons. The molecule has 1 fully saturated rings. The van der Waals surface area contributed by atoms with Gasteiger partial charge in [0.1, 0.15) is 0 Å². The van der Waals surface area contributed by atoms with Gasteiger partial charge in [0.2, 0.25) is 0 Å². The Bertz CT molecular complexity index is 326. The number of hydrogen-bond donors (Lipinski definition) is 1. The van der Waals surface area contributed by atoms with Crippen molar-refractivity contribution in [2.75, 3.05) is 17.3 Å². The third kappa shape index (κ3) is 8.05. The molecule has 0 bridgehead atoms. The molecule has 2 nitrogen and oxygen atoms in total. The lowest BCUT2D eigenvalue weighted by Crippen LogP contribution is -2.12. The van der Waals surface area contributed by atoms with Crippen molar-refractivity contribution in [3.8, 4) is 0 Å². The quantitative estimate of drug-likeness (QED) is 0.463. The van der Waals surface area contributed by atoms with Crippen molar-refractivity contribution in [2.45, 2.75) is 39.0 Å². The van der Waals surface area contributed by atoms with E-state index < -0.39 is 5.97 Å². The van der Waals surface area contributed by atoms with Crippen LogP contribution < -0.4 is 0 Å². The third-order valence-corrected chi connectivity index (χ3v) is 5.80. The number of allylic oxidation sites excluding steroid dienone is 3. The average molecular weight is 315 g/mol. The highest BCUT2D eigenvalue weighted by Crippen LogP contribution is 2.35. The first-order valence-corrected chi connectivity index (χ1v) is 9.61. The Balaban J connectivity index is 2.14. The number of carboxylic acids is 1. The van der Waals surface area contributed by atoms with Gasteiger partial charge in [0.05, 0.1) is 0 Å². The van der Waals surface area contributed by atoms with Crippen LogP contribution in [0.3, 0.4) is 0 Å². The normalized spacial score (nSPS) is 23.1. The summed E-state index contributed by atoms with van der Waals surface area (Å²) in [5.41, 5.74) is 0. The minimum absolute atomic E-state index is 0.286. The van der Waals surface area contributed by atoms with Crippen molar-refractivity contribution in [2.24, 2.45) is 11.8 Å². The van der Waals surface area contributed by atoms with E-state index in [1.54, 1.807) is 0 Å². The molecular weight excluding hydrogens is 288 g/mol. The molecular formula is C16H26O2S2. The maximum Gasteiger partial charge on any atom is 0.303 e. The second-order valence-electron chi connectivity index (χ2n) is 5.18. The van der Waals surface area contributed by atoms with E-state index in [4.69, 9.17) is 5.11 Å². The first-order chi connectivity index (χ1) is 9.74. The molecule has 1 saturated heterocycles. The molecule has 1 aliphatic heterocycles. The minimum Gasteiger partial charge on any atom is -0.481 e. The summed E-state index contributed by atoms with van der Waals surface area (Å²) in [6.07, 6.45) is 11.0. The van der Waals surface area contributed by atoms with Gasteiger partial charge in [0.25, 0.3) is 0 Å². The van der Waals surface area contributed by atoms with Crippen LogP contribution in [0.2, 0.25) is 0 Å². The molecule has 0 aromatic heterocycles. The monoisotopic (exact) mass is 314 g/mol. The Morgan fingerprint density at radius 3 is 2.90 bits per heavy atom. The van der Waals surface area contributed by atoms with Crippen LogP contribution in [0.1, 0.15) is 39.0 Å². The van der Waals surface area contributed by atoms with Crippen molar-refractivity contribution in [3.05, 3.63) is 23.6 Å². The fraction of sp³-hybridized carbons (Fsp3) is 0.688. The standard InChI is InChI=1S/C16H26O2S2/c1-2-10-19-11-9-15-13-20-12-14(15)7-5-3-4-6-8-16(17)18/h2-3,5,10,14-15H,4,6-9,11-13H2,1H3,(H,17,18)/b5-3-,10-2?/t14-,15+/m0/s1. The molecule has 1 rings (SSSR count). The molecule has 4 heteroatoms. The predicted octanol–water partition coefficient (Wildman–Crippen LogP) is 4.82. The van der Waals surface area contributed by atoms with Crippen molar-refractivity contribution >= 4 is 29.5 Å². The van der Waals surface area contributed by atoms with Gasteiger partial charge >= 0.3 is 5.97 Å². The molecule has 0 aromatic carbocycles. The summed E-state index contributed by atoms with van der Waals surface area (Å²) in [6, 6.07) is 0. The Morgan fingerprint density at radius 2 is 2.15 bits per heavy atom. The molecule has 0 amide bonds. The topological polar surface area (TPSA) is 37.3 Å². The van der Waals surface area contributed by atoms with Gasteiger partial charge in [-0.2, -0.15) is 11.8 Å². The van der Waals surface area contributed by atoms with Crippen LogP contribution in [0.25, 0.3) is 0 Å². The average Bonchev–Trinajstić information content (AvgIpc) is 2.86. The Hall–Kier alpha value is -0.350. The number of aliphatic carboxylic acids is 1. The summed E-state index contributed by atoms with van der Waals surface area (Å²) in [5, 5.41) is 10.7. The van der Waals surface area contributed by atoms with E-state index >= 15 is 0 Å². The maximum absolute atomic E-state index is 10.4. The van der Waals surface area contributed by atoms with Gasteiger partial charge in [0, 0.05) is 6.42 Å². The number of rotatable bonds is 10. The lowest BCUT2D eigenvalue weighted by atomic mass is 9.90. The zero-order valence-corrected chi connectivity index (χ0v) is 13.9. The summed E-state index contributed by atoms with van der Waals surface area (Å²) >= 11 is 4.00. The van der Waals surface area contributed by atoms with Gasteiger partial charge in [-0.25, -0.2) is 0 Å². The number of hydrogen-bond acceptors (Lipinski definition) is 3. The molecule has 0 spiro atoms. The van der Waals surface area contributed by atoms with Crippen molar-refractivity contribution in [1.29, 1.82) is 0 Å². The van der Waals surface area contributed by atoms with E-state index in [0.717, 1.165) is 24.7 Å². The van der Waals surface area contributed by atoms with Crippen LogP contribution in [0.4, 0.5) is 0 Å². The molecule has 0 unspecified atom stereocenters. The van der Waals surface area contributed by atoms with Gasteiger partial charge in [-0.15, -0.1) is 11.8 Å². The second-order valence-corrected chi connectivity index (χ2v) is 7.27. The first kappa shape index (κ1) is 17.7. The highest BCUT2D eigenvalue weighted by atomic mass is 32.2. The second kappa shape index (κ2) is 11.3. The van der Waals surface area contributed by atoms with Crippen molar-refractivity contribution < 1.29 is 9.90 Å². The highest BCUT2D eigenvalue weighted by Gasteiger charge is 2.26. The molecule has 20 heavy (non-hydrogen) atoms. The van der Waals surface area contributed by atoms with Gasteiger partial charge in [-0.1, -0.05) is 18.2 Å². The van der Waals surface area contributed by atoms with Gasteiger partial charge in [0.15, 0.2) is 0 Å². The van der Waals surface area contributed by atoms with E-state index in [0.29, 0.717) is 0 Å². The Kier molecular flexibility index (Phi) is 10.0. The lowest BCUT2D eigenvalue weighted by molar-refractivity contribution is -0.137. The Morgan fingerprint density at radius 1 is 1.35 bits per heavy atom. The van der Waals surface area contributed by atoms with E-state index in [2.05, 4.69) is 42.3 Å². The largest absolute Gasteiger partial charge is 0.481 e. The van der Waals surface area contributed by atoms with Gasteiger partial charge in [-0.3, -0.25) is 4.79 Å². The van der Waals surface area contributed by atoms with Crippen LogP contribution in [0, 0.1) is 11.8 Å². The van der Waals surface area contributed by atoms with Crippen LogP contribution >= 0.6 is 23.5 Å². The molecule has 2 atom stereocenters. The predicted molar refractivity (Wildman–Crippen MR) is 91.4 cm³/mol.